The van der Waals surface area contributed by atoms with E-state index in [-0.39, 0.29) is 5.60 Å². The van der Waals surface area contributed by atoms with Crippen LogP contribution in [-0.4, -0.2) is 36.7 Å². The molecule has 0 amide bonds. The number of nitrogens with one attached hydrogen (secondary N) is 1. The van der Waals surface area contributed by atoms with Gasteiger partial charge in [0.05, 0.1) is 0 Å². The fourth-order valence-corrected chi connectivity index (χ4v) is 4.33. The highest BCUT2D eigenvalue weighted by molar-refractivity contribution is 5.90. The Morgan fingerprint density at radius 2 is 2.00 bits per heavy atom. The molecule has 0 bridgehead atoms. The normalized spacial score (nSPS) is 26.7. The minimum Gasteiger partial charge on any atom is -0.485 e. The molecule has 2 aliphatic heterocycles. The number of rotatable bonds is 3. The second kappa shape index (κ2) is 5.81. The summed E-state index contributed by atoms with van der Waals surface area (Å²) < 4.78 is 6.67. The van der Waals surface area contributed by atoms with E-state index in [9.17, 15) is 0 Å². The average Bonchev–Trinajstić information content (AvgIpc) is 3.03. The lowest BCUT2D eigenvalue weighted by molar-refractivity contribution is 0.0210. The van der Waals surface area contributed by atoms with Crippen LogP contribution in [0.5, 0.6) is 5.75 Å². The van der Waals surface area contributed by atoms with Crippen LogP contribution in [0.25, 0.3) is 10.8 Å². The number of hydrogen-bond acceptors (Lipinski definition) is 3. The number of hydrogen-bond donors (Lipinski definition) is 1. The molecule has 3 nitrogen and oxygen atoms in total. The molecular weight excluding hydrogens is 284 g/mol. The monoisotopic (exact) mass is 310 g/mol. The highest BCUT2D eigenvalue weighted by atomic mass is 16.5. The Morgan fingerprint density at radius 3 is 2.74 bits per heavy atom. The van der Waals surface area contributed by atoms with Crippen LogP contribution in [0.1, 0.15) is 38.3 Å². The lowest BCUT2D eigenvalue weighted by Gasteiger charge is -2.44. The molecule has 2 heterocycles. The molecule has 23 heavy (non-hydrogen) atoms. The summed E-state index contributed by atoms with van der Waals surface area (Å²) in [5, 5.41) is 6.04. The SMILES string of the molecule is CCN(CC)C1CC2(CCNC2)Oc2c1ccc1ccccc21. The molecule has 4 rings (SSSR count). The van der Waals surface area contributed by atoms with Crippen molar-refractivity contribution in [2.45, 2.75) is 38.3 Å². The first-order valence-corrected chi connectivity index (χ1v) is 8.92. The van der Waals surface area contributed by atoms with Crippen molar-refractivity contribution >= 4 is 10.8 Å². The van der Waals surface area contributed by atoms with Crippen molar-refractivity contribution in [1.29, 1.82) is 0 Å². The maximum atomic E-state index is 6.67. The first kappa shape index (κ1) is 15.0. The molecule has 2 atom stereocenters. The van der Waals surface area contributed by atoms with Gasteiger partial charge in [-0.25, -0.2) is 0 Å². The summed E-state index contributed by atoms with van der Waals surface area (Å²) in [5.41, 5.74) is 1.33. The Labute approximate surface area is 138 Å². The van der Waals surface area contributed by atoms with E-state index in [0.717, 1.165) is 44.8 Å². The summed E-state index contributed by atoms with van der Waals surface area (Å²) in [6.45, 7) is 8.71. The molecule has 1 saturated heterocycles. The first-order chi connectivity index (χ1) is 11.3. The smallest absolute Gasteiger partial charge is 0.132 e. The van der Waals surface area contributed by atoms with Gasteiger partial charge in [0.25, 0.3) is 0 Å². The molecule has 2 aromatic rings. The summed E-state index contributed by atoms with van der Waals surface area (Å²) >= 11 is 0. The van der Waals surface area contributed by atoms with Gasteiger partial charge in [-0.3, -0.25) is 4.90 Å². The Bertz CT molecular complexity index is 702. The summed E-state index contributed by atoms with van der Waals surface area (Å²) in [6, 6.07) is 13.6. The Hall–Kier alpha value is -1.58. The standard InChI is InChI=1S/C20H26N2O/c1-3-22(4-2)18-13-20(11-12-21-14-20)23-19-16-8-6-5-7-15(16)9-10-17(18)19/h5-10,18,21H,3-4,11-14H2,1-2H3. The van der Waals surface area contributed by atoms with Gasteiger partial charge in [-0.05, 0) is 25.0 Å². The molecular formula is C20H26N2O. The topological polar surface area (TPSA) is 24.5 Å². The molecule has 2 aliphatic rings. The van der Waals surface area contributed by atoms with E-state index in [4.69, 9.17) is 4.74 Å². The number of nitrogens with zero attached hydrogens (tertiary/aromatic N) is 1. The predicted molar refractivity (Wildman–Crippen MR) is 95.1 cm³/mol. The van der Waals surface area contributed by atoms with Gasteiger partial charge in [0.2, 0.25) is 0 Å². The van der Waals surface area contributed by atoms with E-state index in [1.807, 2.05) is 0 Å². The quantitative estimate of drug-likeness (QED) is 0.935. The van der Waals surface area contributed by atoms with E-state index in [1.54, 1.807) is 0 Å². The molecule has 122 valence electrons. The van der Waals surface area contributed by atoms with Crippen LogP contribution in [0.2, 0.25) is 0 Å². The number of ether oxygens (including phenoxy) is 1. The average molecular weight is 310 g/mol. The van der Waals surface area contributed by atoms with Crippen LogP contribution < -0.4 is 10.1 Å². The zero-order valence-corrected chi connectivity index (χ0v) is 14.1. The van der Waals surface area contributed by atoms with Gasteiger partial charge < -0.3 is 10.1 Å². The van der Waals surface area contributed by atoms with E-state index in [0.29, 0.717) is 6.04 Å². The Balaban J connectivity index is 1.88. The molecule has 1 N–H and O–H groups in total. The van der Waals surface area contributed by atoms with Crippen molar-refractivity contribution in [3.63, 3.8) is 0 Å². The summed E-state index contributed by atoms with van der Waals surface area (Å²) in [7, 11) is 0. The third-order valence-corrected chi connectivity index (χ3v) is 5.61. The van der Waals surface area contributed by atoms with E-state index >= 15 is 0 Å². The lowest BCUT2D eigenvalue weighted by Crippen LogP contribution is -2.46. The van der Waals surface area contributed by atoms with Crippen LogP contribution in [0, 0.1) is 0 Å². The molecule has 0 saturated carbocycles. The van der Waals surface area contributed by atoms with Gasteiger partial charge in [-0.1, -0.05) is 50.2 Å². The molecule has 0 aromatic heterocycles. The molecule has 0 radical (unpaired) electrons. The fraction of sp³-hybridized carbons (Fsp3) is 0.500. The van der Waals surface area contributed by atoms with Crippen molar-refractivity contribution in [1.82, 2.24) is 10.2 Å². The highest BCUT2D eigenvalue weighted by Crippen LogP contribution is 2.47. The largest absolute Gasteiger partial charge is 0.485 e. The van der Waals surface area contributed by atoms with E-state index in [1.165, 1.54) is 16.3 Å². The molecule has 1 fully saturated rings. The molecule has 1 spiro atoms. The highest BCUT2D eigenvalue weighted by Gasteiger charge is 2.44. The third kappa shape index (κ3) is 2.43. The molecule has 2 unspecified atom stereocenters. The molecule has 2 aromatic carbocycles. The van der Waals surface area contributed by atoms with Crippen molar-refractivity contribution < 1.29 is 4.74 Å². The maximum absolute atomic E-state index is 6.67. The van der Waals surface area contributed by atoms with Crippen molar-refractivity contribution in [3.8, 4) is 5.75 Å². The summed E-state index contributed by atoms with van der Waals surface area (Å²) in [5.74, 6) is 1.12. The van der Waals surface area contributed by atoms with Gasteiger partial charge >= 0.3 is 0 Å². The van der Waals surface area contributed by atoms with Gasteiger partial charge in [-0.15, -0.1) is 0 Å². The van der Waals surface area contributed by atoms with Gasteiger partial charge in [0.1, 0.15) is 11.4 Å². The van der Waals surface area contributed by atoms with Crippen molar-refractivity contribution in [2.75, 3.05) is 26.2 Å². The zero-order chi connectivity index (χ0) is 15.9. The third-order valence-electron chi connectivity index (χ3n) is 5.61. The minimum absolute atomic E-state index is 0.0373. The van der Waals surface area contributed by atoms with Crippen LogP contribution in [0.3, 0.4) is 0 Å². The lowest BCUT2D eigenvalue weighted by atomic mass is 9.84. The van der Waals surface area contributed by atoms with Crippen LogP contribution in [-0.2, 0) is 0 Å². The van der Waals surface area contributed by atoms with Crippen molar-refractivity contribution in [2.24, 2.45) is 0 Å². The van der Waals surface area contributed by atoms with E-state index < -0.39 is 0 Å². The summed E-state index contributed by atoms with van der Waals surface area (Å²) in [6.07, 6.45) is 2.19. The first-order valence-electron chi connectivity index (χ1n) is 8.92. The van der Waals surface area contributed by atoms with Crippen LogP contribution in [0.15, 0.2) is 36.4 Å². The maximum Gasteiger partial charge on any atom is 0.132 e. The molecule has 3 heteroatoms. The Morgan fingerprint density at radius 1 is 1.17 bits per heavy atom. The number of benzene rings is 2. The second-order valence-corrected chi connectivity index (χ2v) is 6.86. The number of fused-ring (bicyclic) bond motifs is 3. The van der Waals surface area contributed by atoms with Crippen molar-refractivity contribution in [3.05, 3.63) is 42.0 Å². The Kier molecular flexibility index (Phi) is 3.78. The van der Waals surface area contributed by atoms with Gasteiger partial charge in [0, 0.05) is 36.4 Å². The minimum atomic E-state index is -0.0373. The summed E-state index contributed by atoms with van der Waals surface area (Å²) in [4.78, 5) is 2.58. The van der Waals surface area contributed by atoms with Gasteiger partial charge in [-0.2, -0.15) is 0 Å². The van der Waals surface area contributed by atoms with E-state index in [2.05, 4.69) is 60.5 Å². The zero-order valence-electron chi connectivity index (χ0n) is 14.1. The predicted octanol–water partition coefficient (Wildman–Crippen LogP) is 3.74. The van der Waals surface area contributed by atoms with Crippen LogP contribution in [0.4, 0.5) is 0 Å². The fourth-order valence-electron chi connectivity index (χ4n) is 4.33. The van der Waals surface area contributed by atoms with Gasteiger partial charge in [0.15, 0.2) is 0 Å². The molecule has 0 aliphatic carbocycles. The second-order valence-electron chi connectivity index (χ2n) is 6.86. The van der Waals surface area contributed by atoms with Crippen LogP contribution >= 0.6 is 0 Å².